The fraction of sp³-hybridized carbons (Fsp3) is 0.333. The summed E-state index contributed by atoms with van der Waals surface area (Å²) in [5, 5.41) is 8.48. The van der Waals surface area contributed by atoms with Gasteiger partial charge in [-0.05, 0) is 30.7 Å². The molecule has 1 amide bonds. The van der Waals surface area contributed by atoms with Crippen molar-refractivity contribution in [3.63, 3.8) is 0 Å². The normalized spacial score (nSPS) is 9.53. The van der Waals surface area contributed by atoms with E-state index in [1.165, 1.54) is 0 Å². The van der Waals surface area contributed by atoms with E-state index in [1.54, 1.807) is 24.1 Å². The molecule has 0 spiro atoms. The van der Waals surface area contributed by atoms with Crippen LogP contribution in [-0.2, 0) is 0 Å². The molecule has 0 aliphatic carbocycles. The van der Waals surface area contributed by atoms with Crippen molar-refractivity contribution in [2.24, 2.45) is 5.84 Å². The van der Waals surface area contributed by atoms with Crippen LogP contribution in [0.3, 0.4) is 0 Å². The number of carbonyl (C=O) groups is 1. The van der Waals surface area contributed by atoms with Crippen molar-refractivity contribution >= 4 is 11.6 Å². The van der Waals surface area contributed by atoms with Gasteiger partial charge in [0.05, 0.1) is 12.5 Å². The van der Waals surface area contributed by atoms with Gasteiger partial charge in [-0.1, -0.05) is 0 Å². The highest BCUT2D eigenvalue weighted by Gasteiger charge is 2.13. The summed E-state index contributed by atoms with van der Waals surface area (Å²) < 4.78 is 0. The van der Waals surface area contributed by atoms with Crippen LogP contribution in [-0.4, -0.2) is 24.4 Å². The molecule has 90 valence electrons. The van der Waals surface area contributed by atoms with Gasteiger partial charge in [-0.2, -0.15) is 5.26 Å². The maximum absolute atomic E-state index is 12.0. The molecule has 5 nitrogen and oxygen atoms in total. The third kappa shape index (κ3) is 3.20. The topological polar surface area (TPSA) is 82.2 Å². The maximum atomic E-state index is 12.0. The zero-order valence-corrected chi connectivity index (χ0v) is 10.0. The van der Waals surface area contributed by atoms with Crippen LogP contribution in [0.4, 0.5) is 5.69 Å². The lowest BCUT2D eigenvalue weighted by Gasteiger charge is -2.17. The first-order valence-electron chi connectivity index (χ1n) is 5.30. The summed E-state index contributed by atoms with van der Waals surface area (Å²) in [5.74, 6) is 5.21. The molecule has 0 heterocycles. The van der Waals surface area contributed by atoms with Gasteiger partial charge in [0, 0.05) is 24.8 Å². The summed E-state index contributed by atoms with van der Waals surface area (Å²) in [6.07, 6.45) is 0.337. The van der Waals surface area contributed by atoms with Gasteiger partial charge in [-0.3, -0.25) is 10.6 Å². The largest absolute Gasteiger partial charge is 0.341 e. The Morgan fingerprint density at radius 2 is 2.29 bits per heavy atom. The summed E-state index contributed by atoms with van der Waals surface area (Å²) in [7, 11) is 1.69. The van der Waals surface area contributed by atoms with Gasteiger partial charge < -0.3 is 10.3 Å². The first kappa shape index (κ1) is 13.0. The quantitative estimate of drug-likeness (QED) is 0.605. The number of nitrogen functional groups attached to an aromatic ring is 1. The van der Waals surface area contributed by atoms with E-state index in [0.717, 1.165) is 11.3 Å². The lowest BCUT2D eigenvalue weighted by Crippen LogP contribution is -2.28. The standard InChI is InChI=1S/C12H16N4O/c1-9-8-10(15-14)4-5-11(9)12(17)16(2)7-3-6-13/h4-5,8,15H,3,7,14H2,1-2H3. The van der Waals surface area contributed by atoms with Crippen molar-refractivity contribution in [3.05, 3.63) is 29.3 Å². The highest BCUT2D eigenvalue weighted by atomic mass is 16.2. The highest BCUT2D eigenvalue weighted by molar-refractivity contribution is 5.95. The number of hydrazine groups is 1. The van der Waals surface area contributed by atoms with Crippen molar-refractivity contribution in [3.8, 4) is 6.07 Å². The molecule has 0 aromatic heterocycles. The third-order valence-corrected chi connectivity index (χ3v) is 2.53. The zero-order chi connectivity index (χ0) is 12.8. The average Bonchev–Trinajstić information content (AvgIpc) is 2.34. The number of carbonyl (C=O) groups excluding carboxylic acids is 1. The van der Waals surface area contributed by atoms with E-state index in [4.69, 9.17) is 11.1 Å². The number of nitrogens with one attached hydrogen (secondary N) is 1. The molecule has 17 heavy (non-hydrogen) atoms. The van der Waals surface area contributed by atoms with E-state index in [2.05, 4.69) is 5.43 Å². The van der Waals surface area contributed by atoms with E-state index in [-0.39, 0.29) is 5.91 Å². The minimum Gasteiger partial charge on any atom is -0.341 e. The molecule has 1 aromatic carbocycles. The number of nitrogens with zero attached hydrogens (tertiary/aromatic N) is 2. The molecule has 3 N–H and O–H groups in total. The Bertz CT molecular complexity index is 450. The summed E-state index contributed by atoms with van der Waals surface area (Å²) in [6, 6.07) is 7.31. The maximum Gasteiger partial charge on any atom is 0.253 e. The molecule has 0 saturated carbocycles. The third-order valence-electron chi connectivity index (χ3n) is 2.53. The van der Waals surface area contributed by atoms with Gasteiger partial charge in [0.1, 0.15) is 0 Å². The highest BCUT2D eigenvalue weighted by Crippen LogP contribution is 2.15. The number of hydrogen-bond acceptors (Lipinski definition) is 4. The number of hydrogen-bond donors (Lipinski definition) is 2. The number of nitriles is 1. The van der Waals surface area contributed by atoms with E-state index in [0.29, 0.717) is 18.5 Å². The molecule has 1 aromatic rings. The second-order valence-electron chi connectivity index (χ2n) is 3.81. The van der Waals surface area contributed by atoms with Gasteiger partial charge in [0.2, 0.25) is 0 Å². The van der Waals surface area contributed by atoms with Gasteiger partial charge in [0.25, 0.3) is 5.91 Å². The fourth-order valence-corrected chi connectivity index (χ4v) is 1.52. The van der Waals surface area contributed by atoms with Crippen LogP contribution in [0.5, 0.6) is 0 Å². The first-order valence-corrected chi connectivity index (χ1v) is 5.30. The molecule has 5 heteroatoms. The first-order chi connectivity index (χ1) is 8.10. The Hall–Kier alpha value is -2.06. The molecule has 0 fully saturated rings. The predicted octanol–water partition coefficient (Wildman–Crippen LogP) is 1.27. The molecule has 0 unspecified atom stereocenters. The lowest BCUT2D eigenvalue weighted by molar-refractivity contribution is 0.0797. The predicted molar refractivity (Wildman–Crippen MR) is 66.2 cm³/mol. The van der Waals surface area contributed by atoms with Gasteiger partial charge in [-0.25, -0.2) is 0 Å². The molecule has 0 radical (unpaired) electrons. The number of anilines is 1. The van der Waals surface area contributed by atoms with Crippen LogP contribution in [0.2, 0.25) is 0 Å². The van der Waals surface area contributed by atoms with Crippen molar-refractivity contribution in [2.45, 2.75) is 13.3 Å². The molecular weight excluding hydrogens is 216 g/mol. The van der Waals surface area contributed by atoms with Crippen LogP contribution in [0.15, 0.2) is 18.2 Å². The summed E-state index contributed by atoms with van der Waals surface area (Å²) >= 11 is 0. The van der Waals surface area contributed by atoms with E-state index in [9.17, 15) is 4.79 Å². The van der Waals surface area contributed by atoms with E-state index in [1.807, 2.05) is 19.1 Å². The van der Waals surface area contributed by atoms with Crippen LogP contribution < -0.4 is 11.3 Å². The van der Waals surface area contributed by atoms with Crippen molar-refractivity contribution in [1.82, 2.24) is 4.90 Å². The SMILES string of the molecule is Cc1cc(NN)ccc1C(=O)N(C)CCC#N. The molecule has 0 aliphatic heterocycles. The van der Waals surface area contributed by atoms with Gasteiger partial charge >= 0.3 is 0 Å². The summed E-state index contributed by atoms with van der Waals surface area (Å²) in [5.41, 5.74) is 4.78. The smallest absolute Gasteiger partial charge is 0.253 e. The number of aryl methyl sites for hydroxylation is 1. The minimum absolute atomic E-state index is 0.0821. The Morgan fingerprint density at radius 1 is 1.59 bits per heavy atom. The molecular formula is C12H16N4O. The Kier molecular flexibility index (Phi) is 4.49. The molecule has 0 bridgehead atoms. The monoisotopic (exact) mass is 232 g/mol. The Balaban J connectivity index is 2.86. The number of nitrogens with two attached hydrogens (primary N) is 1. The summed E-state index contributed by atoms with van der Waals surface area (Å²) in [4.78, 5) is 13.6. The minimum atomic E-state index is -0.0821. The van der Waals surface area contributed by atoms with Crippen LogP contribution >= 0.6 is 0 Å². The Morgan fingerprint density at radius 3 is 2.82 bits per heavy atom. The summed E-state index contributed by atoms with van der Waals surface area (Å²) in [6.45, 7) is 2.29. The van der Waals surface area contributed by atoms with Crippen LogP contribution in [0.1, 0.15) is 22.3 Å². The lowest BCUT2D eigenvalue weighted by atomic mass is 10.1. The molecule has 0 atom stereocenters. The van der Waals surface area contributed by atoms with Crippen molar-refractivity contribution in [2.75, 3.05) is 19.0 Å². The average molecular weight is 232 g/mol. The second kappa shape index (κ2) is 5.87. The van der Waals surface area contributed by atoms with Crippen LogP contribution in [0.25, 0.3) is 0 Å². The number of amides is 1. The van der Waals surface area contributed by atoms with Crippen LogP contribution in [0, 0.1) is 18.3 Å². The van der Waals surface area contributed by atoms with Gasteiger partial charge in [-0.15, -0.1) is 0 Å². The number of rotatable bonds is 4. The molecule has 0 aliphatic rings. The van der Waals surface area contributed by atoms with E-state index >= 15 is 0 Å². The number of benzene rings is 1. The second-order valence-corrected chi connectivity index (χ2v) is 3.81. The molecule has 0 saturated heterocycles. The van der Waals surface area contributed by atoms with E-state index < -0.39 is 0 Å². The Labute approximate surface area is 101 Å². The zero-order valence-electron chi connectivity index (χ0n) is 10.0. The van der Waals surface area contributed by atoms with Gasteiger partial charge in [0.15, 0.2) is 0 Å². The van der Waals surface area contributed by atoms with Crippen molar-refractivity contribution in [1.29, 1.82) is 5.26 Å². The fourth-order valence-electron chi connectivity index (χ4n) is 1.52. The van der Waals surface area contributed by atoms with Crippen molar-refractivity contribution < 1.29 is 4.79 Å². The molecule has 1 rings (SSSR count).